The maximum atomic E-state index is 14.2. The molecule has 28 heavy (non-hydrogen) atoms. The molecule has 2 aromatic rings. The lowest BCUT2D eigenvalue weighted by molar-refractivity contribution is 0.119. The molecule has 0 saturated heterocycles. The molecule has 1 atom stereocenters. The maximum Gasteiger partial charge on any atom is 0.200 e. The SMILES string of the molecule is CCCC1=COC(c2ccc(CCc3ccc(OCC)c(F)c3F)cc2)CC1. The van der Waals surface area contributed by atoms with E-state index in [1.165, 1.54) is 11.6 Å². The summed E-state index contributed by atoms with van der Waals surface area (Å²) < 4.78 is 39.2. The van der Waals surface area contributed by atoms with E-state index in [4.69, 9.17) is 9.47 Å². The van der Waals surface area contributed by atoms with E-state index in [1.807, 2.05) is 18.4 Å². The van der Waals surface area contributed by atoms with Crippen molar-refractivity contribution in [3.05, 3.63) is 76.6 Å². The Labute approximate surface area is 166 Å². The lowest BCUT2D eigenvalue weighted by Gasteiger charge is -2.23. The molecule has 2 nitrogen and oxygen atoms in total. The monoisotopic (exact) mass is 386 g/mol. The van der Waals surface area contributed by atoms with Gasteiger partial charge in [0, 0.05) is 0 Å². The number of hydrogen-bond donors (Lipinski definition) is 0. The van der Waals surface area contributed by atoms with Crippen LogP contribution >= 0.6 is 0 Å². The van der Waals surface area contributed by atoms with Crippen molar-refractivity contribution in [2.45, 2.75) is 58.5 Å². The summed E-state index contributed by atoms with van der Waals surface area (Å²) in [6.07, 6.45) is 7.46. The first-order valence-corrected chi connectivity index (χ1v) is 10.1. The van der Waals surface area contributed by atoms with Gasteiger partial charge in [0.2, 0.25) is 5.82 Å². The third-order valence-corrected chi connectivity index (χ3v) is 5.16. The van der Waals surface area contributed by atoms with E-state index in [1.54, 1.807) is 13.0 Å². The molecule has 150 valence electrons. The third kappa shape index (κ3) is 4.92. The molecular weight excluding hydrogens is 358 g/mol. The first kappa shape index (κ1) is 20.4. The van der Waals surface area contributed by atoms with E-state index in [0.29, 0.717) is 25.0 Å². The predicted octanol–water partition coefficient (Wildman–Crippen LogP) is 6.68. The van der Waals surface area contributed by atoms with Crippen LogP contribution in [0.15, 0.2) is 48.2 Å². The van der Waals surface area contributed by atoms with Crippen molar-refractivity contribution >= 4 is 0 Å². The summed E-state index contributed by atoms with van der Waals surface area (Å²) in [5.74, 6) is -1.75. The molecule has 0 aromatic heterocycles. The van der Waals surface area contributed by atoms with Crippen LogP contribution in [0.5, 0.6) is 5.75 Å². The average molecular weight is 386 g/mol. The lowest BCUT2D eigenvalue weighted by atomic mass is 9.96. The van der Waals surface area contributed by atoms with Gasteiger partial charge in [0.15, 0.2) is 11.6 Å². The first-order chi connectivity index (χ1) is 13.6. The van der Waals surface area contributed by atoms with Crippen LogP contribution in [0, 0.1) is 11.6 Å². The second kappa shape index (κ2) is 9.72. The molecule has 0 fully saturated rings. The second-order valence-corrected chi connectivity index (χ2v) is 7.21. The Hall–Kier alpha value is -2.36. The molecule has 0 bridgehead atoms. The van der Waals surface area contributed by atoms with Crippen LogP contribution in [0.25, 0.3) is 0 Å². The number of ether oxygens (including phenoxy) is 2. The molecule has 0 spiro atoms. The Bertz CT molecular complexity index is 812. The quantitative estimate of drug-likeness (QED) is 0.503. The normalized spacial score (nSPS) is 16.4. The van der Waals surface area contributed by atoms with Crippen molar-refractivity contribution in [1.29, 1.82) is 0 Å². The minimum Gasteiger partial charge on any atom is -0.493 e. The van der Waals surface area contributed by atoms with Gasteiger partial charge in [0.1, 0.15) is 6.10 Å². The average Bonchev–Trinajstić information content (AvgIpc) is 2.72. The van der Waals surface area contributed by atoms with Crippen LogP contribution in [0.4, 0.5) is 8.78 Å². The van der Waals surface area contributed by atoms with Crippen molar-refractivity contribution in [2.24, 2.45) is 0 Å². The van der Waals surface area contributed by atoms with Crippen LogP contribution in [0.1, 0.15) is 62.3 Å². The smallest absolute Gasteiger partial charge is 0.200 e. The van der Waals surface area contributed by atoms with E-state index in [0.717, 1.165) is 36.8 Å². The zero-order valence-corrected chi connectivity index (χ0v) is 16.6. The van der Waals surface area contributed by atoms with E-state index in [2.05, 4.69) is 19.1 Å². The highest BCUT2D eigenvalue weighted by Crippen LogP contribution is 2.31. The van der Waals surface area contributed by atoms with Crippen LogP contribution in [0.3, 0.4) is 0 Å². The van der Waals surface area contributed by atoms with Gasteiger partial charge in [0.25, 0.3) is 0 Å². The van der Waals surface area contributed by atoms with Gasteiger partial charge in [-0.15, -0.1) is 0 Å². The largest absolute Gasteiger partial charge is 0.493 e. The van der Waals surface area contributed by atoms with E-state index in [-0.39, 0.29) is 11.9 Å². The summed E-state index contributed by atoms with van der Waals surface area (Å²) in [5, 5.41) is 0. The van der Waals surface area contributed by atoms with E-state index in [9.17, 15) is 8.78 Å². The van der Waals surface area contributed by atoms with Crippen LogP contribution in [-0.4, -0.2) is 6.61 Å². The lowest BCUT2D eigenvalue weighted by Crippen LogP contribution is -2.07. The zero-order chi connectivity index (χ0) is 19.9. The van der Waals surface area contributed by atoms with Crippen LogP contribution in [-0.2, 0) is 17.6 Å². The maximum absolute atomic E-state index is 14.2. The molecule has 0 radical (unpaired) electrons. The van der Waals surface area contributed by atoms with Gasteiger partial charge in [-0.1, -0.05) is 43.7 Å². The molecule has 1 aliphatic heterocycles. The van der Waals surface area contributed by atoms with Gasteiger partial charge in [-0.25, -0.2) is 4.39 Å². The van der Waals surface area contributed by atoms with Crippen molar-refractivity contribution in [1.82, 2.24) is 0 Å². The van der Waals surface area contributed by atoms with Crippen molar-refractivity contribution < 1.29 is 18.3 Å². The summed E-state index contributed by atoms with van der Waals surface area (Å²) in [6.45, 7) is 4.23. The standard InChI is InChI=1S/C24H28F2O2/c1-3-5-18-9-14-21(28-16-18)19-10-6-17(7-11-19)8-12-20-13-15-22(27-4-2)24(26)23(20)25/h6-7,10-11,13,15-16,21H,3-5,8-9,12,14H2,1-2H3. The summed E-state index contributed by atoms with van der Waals surface area (Å²) in [6, 6.07) is 11.4. The Balaban J connectivity index is 1.59. The summed E-state index contributed by atoms with van der Waals surface area (Å²) in [4.78, 5) is 0. The fraction of sp³-hybridized carbons (Fsp3) is 0.417. The molecular formula is C24H28F2O2. The van der Waals surface area contributed by atoms with E-state index < -0.39 is 11.6 Å². The number of halogens is 2. The Morgan fingerprint density at radius 1 is 0.964 bits per heavy atom. The Kier molecular flexibility index (Phi) is 7.07. The number of aryl methyl sites for hydroxylation is 2. The molecule has 0 amide bonds. The topological polar surface area (TPSA) is 18.5 Å². The highest BCUT2D eigenvalue weighted by Gasteiger charge is 2.17. The number of benzene rings is 2. The molecule has 4 heteroatoms. The summed E-state index contributed by atoms with van der Waals surface area (Å²) in [5.41, 5.74) is 4.01. The summed E-state index contributed by atoms with van der Waals surface area (Å²) >= 11 is 0. The minimum absolute atomic E-state index is 0.0308. The highest BCUT2D eigenvalue weighted by atomic mass is 19.2. The van der Waals surface area contributed by atoms with Crippen molar-refractivity contribution in [2.75, 3.05) is 6.61 Å². The van der Waals surface area contributed by atoms with Crippen LogP contribution in [0.2, 0.25) is 0 Å². The second-order valence-electron chi connectivity index (χ2n) is 7.21. The summed E-state index contributed by atoms with van der Waals surface area (Å²) in [7, 11) is 0. The molecule has 1 aliphatic rings. The molecule has 0 saturated carbocycles. The zero-order valence-electron chi connectivity index (χ0n) is 16.6. The number of hydrogen-bond acceptors (Lipinski definition) is 2. The van der Waals surface area contributed by atoms with Crippen LogP contribution < -0.4 is 4.74 Å². The van der Waals surface area contributed by atoms with Gasteiger partial charge < -0.3 is 9.47 Å². The number of rotatable bonds is 8. The van der Waals surface area contributed by atoms with Gasteiger partial charge >= 0.3 is 0 Å². The fourth-order valence-electron chi connectivity index (χ4n) is 3.58. The molecule has 3 rings (SSSR count). The molecule has 1 heterocycles. The third-order valence-electron chi connectivity index (χ3n) is 5.16. The van der Waals surface area contributed by atoms with Gasteiger partial charge in [-0.3, -0.25) is 0 Å². The minimum atomic E-state index is -0.903. The van der Waals surface area contributed by atoms with Crippen molar-refractivity contribution in [3.8, 4) is 5.75 Å². The van der Waals surface area contributed by atoms with Gasteiger partial charge in [-0.2, -0.15) is 4.39 Å². The van der Waals surface area contributed by atoms with E-state index >= 15 is 0 Å². The van der Waals surface area contributed by atoms with Gasteiger partial charge in [-0.05, 0) is 67.4 Å². The Morgan fingerprint density at radius 3 is 2.39 bits per heavy atom. The molecule has 0 N–H and O–H groups in total. The van der Waals surface area contributed by atoms with Crippen molar-refractivity contribution in [3.63, 3.8) is 0 Å². The highest BCUT2D eigenvalue weighted by molar-refractivity contribution is 5.32. The molecule has 2 aromatic carbocycles. The predicted molar refractivity (Wildman–Crippen MR) is 107 cm³/mol. The molecule has 0 aliphatic carbocycles. The Morgan fingerprint density at radius 2 is 1.75 bits per heavy atom. The number of allylic oxidation sites excluding steroid dienone is 1. The fourth-order valence-corrected chi connectivity index (χ4v) is 3.58. The first-order valence-electron chi connectivity index (χ1n) is 10.1. The molecule has 1 unspecified atom stereocenters. The van der Waals surface area contributed by atoms with Gasteiger partial charge in [0.05, 0.1) is 12.9 Å².